The monoisotopic (exact) mass is 404 g/mol. The van der Waals surface area contributed by atoms with Crippen molar-refractivity contribution in [3.8, 4) is 22.3 Å². The SMILES string of the molecule is NC(=O)c1cc(-c2ccccc2)cc2c(-c3cccc(NCS(=O)[O-])c3)c[nH]c12. The van der Waals surface area contributed by atoms with Gasteiger partial charge in [0.05, 0.1) is 17.0 Å². The van der Waals surface area contributed by atoms with Gasteiger partial charge in [0.15, 0.2) is 0 Å². The first kappa shape index (κ1) is 18.9. The van der Waals surface area contributed by atoms with Crippen molar-refractivity contribution < 1.29 is 13.6 Å². The lowest BCUT2D eigenvalue weighted by atomic mass is 9.96. The third kappa shape index (κ3) is 3.91. The predicted octanol–water partition coefficient (Wildman–Crippen LogP) is 3.85. The fourth-order valence-electron chi connectivity index (χ4n) is 3.40. The highest BCUT2D eigenvalue weighted by molar-refractivity contribution is 7.79. The highest BCUT2D eigenvalue weighted by Gasteiger charge is 2.15. The van der Waals surface area contributed by atoms with Gasteiger partial charge in [0.25, 0.3) is 5.91 Å². The van der Waals surface area contributed by atoms with Crippen LogP contribution >= 0.6 is 0 Å². The summed E-state index contributed by atoms with van der Waals surface area (Å²) in [7, 11) is 0. The maximum atomic E-state index is 12.1. The molecule has 0 saturated carbocycles. The summed E-state index contributed by atoms with van der Waals surface area (Å²) in [6.07, 6.45) is 1.83. The fraction of sp³-hybridized carbons (Fsp3) is 0.0455. The number of carbonyl (C=O) groups excluding carboxylic acids is 1. The van der Waals surface area contributed by atoms with E-state index in [1.54, 1.807) is 12.1 Å². The smallest absolute Gasteiger partial charge is 0.250 e. The van der Waals surface area contributed by atoms with Crippen LogP contribution in [-0.2, 0) is 11.1 Å². The number of anilines is 1. The Hall–Kier alpha value is -3.42. The molecule has 1 atom stereocenters. The van der Waals surface area contributed by atoms with Crippen LogP contribution in [0.1, 0.15) is 10.4 Å². The number of fused-ring (bicyclic) bond motifs is 1. The van der Waals surface area contributed by atoms with Crippen LogP contribution in [-0.4, -0.2) is 25.5 Å². The Morgan fingerprint density at radius 2 is 1.76 bits per heavy atom. The Morgan fingerprint density at radius 1 is 1.00 bits per heavy atom. The van der Waals surface area contributed by atoms with E-state index < -0.39 is 17.0 Å². The molecule has 4 rings (SSSR count). The molecule has 0 aliphatic carbocycles. The van der Waals surface area contributed by atoms with Crippen molar-refractivity contribution in [2.45, 2.75) is 0 Å². The van der Waals surface area contributed by atoms with Crippen molar-refractivity contribution in [2.75, 3.05) is 11.2 Å². The van der Waals surface area contributed by atoms with Crippen LogP contribution in [0.2, 0.25) is 0 Å². The molecule has 3 aromatic carbocycles. The normalized spacial score (nSPS) is 12.0. The number of nitrogens with two attached hydrogens (primary N) is 1. The van der Waals surface area contributed by atoms with Crippen LogP contribution in [0.5, 0.6) is 0 Å². The Kier molecular flexibility index (Phi) is 5.16. The molecular formula is C22H18N3O3S-. The molecule has 0 aliphatic heterocycles. The molecule has 0 fully saturated rings. The fourth-order valence-corrected chi connectivity index (χ4v) is 3.69. The third-order valence-electron chi connectivity index (χ3n) is 4.73. The maximum absolute atomic E-state index is 12.1. The van der Waals surface area contributed by atoms with Crippen LogP contribution in [0.3, 0.4) is 0 Å². The molecule has 1 heterocycles. The number of hydrogen-bond donors (Lipinski definition) is 3. The number of nitrogens with one attached hydrogen (secondary N) is 2. The van der Waals surface area contributed by atoms with Crippen LogP contribution in [0.25, 0.3) is 33.2 Å². The lowest BCUT2D eigenvalue weighted by molar-refractivity contribution is 0.100. The topological polar surface area (TPSA) is 111 Å². The van der Waals surface area contributed by atoms with E-state index in [0.29, 0.717) is 16.8 Å². The molecule has 7 heteroatoms. The zero-order chi connectivity index (χ0) is 20.4. The molecule has 4 aromatic rings. The Bertz CT molecular complexity index is 1220. The number of aromatic nitrogens is 1. The van der Waals surface area contributed by atoms with Gasteiger partial charge in [-0.15, -0.1) is 0 Å². The first-order valence-electron chi connectivity index (χ1n) is 8.93. The maximum Gasteiger partial charge on any atom is 0.250 e. The summed E-state index contributed by atoms with van der Waals surface area (Å²) in [5, 5.41) is 3.73. The second kappa shape index (κ2) is 7.90. The largest absolute Gasteiger partial charge is 0.771 e. The van der Waals surface area contributed by atoms with E-state index in [0.717, 1.165) is 27.6 Å². The van der Waals surface area contributed by atoms with Gasteiger partial charge in [0.2, 0.25) is 0 Å². The second-order valence-corrected chi connectivity index (χ2v) is 7.48. The van der Waals surface area contributed by atoms with Gasteiger partial charge in [-0.25, -0.2) is 0 Å². The summed E-state index contributed by atoms with van der Waals surface area (Å²) < 4.78 is 21.6. The number of carbonyl (C=O) groups is 1. The van der Waals surface area contributed by atoms with Crippen LogP contribution in [0.15, 0.2) is 72.9 Å². The molecule has 0 spiro atoms. The lowest BCUT2D eigenvalue weighted by Crippen LogP contribution is -2.11. The van der Waals surface area contributed by atoms with Gasteiger partial charge in [-0.1, -0.05) is 42.5 Å². The number of amides is 1. The number of primary amides is 1. The van der Waals surface area contributed by atoms with Crippen molar-refractivity contribution in [1.82, 2.24) is 4.98 Å². The minimum absolute atomic E-state index is 0.165. The zero-order valence-corrected chi connectivity index (χ0v) is 16.2. The molecule has 146 valence electrons. The number of rotatable bonds is 6. The molecule has 29 heavy (non-hydrogen) atoms. The van der Waals surface area contributed by atoms with Crippen molar-refractivity contribution in [1.29, 1.82) is 0 Å². The Balaban J connectivity index is 1.86. The number of aromatic amines is 1. The van der Waals surface area contributed by atoms with E-state index in [4.69, 9.17) is 5.73 Å². The van der Waals surface area contributed by atoms with Crippen LogP contribution in [0.4, 0.5) is 5.69 Å². The lowest BCUT2D eigenvalue weighted by Gasteiger charge is -2.10. The zero-order valence-electron chi connectivity index (χ0n) is 15.3. The van der Waals surface area contributed by atoms with E-state index in [2.05, 4.69) is 10.3 Å². The van der Waals surface area contributed by atoms with Crippen molar-refractivity contribution in [2.24, 2.45) is 5.73 Å². The van der Waals surface area contributed by atoms with Gasteiger partial charge in [0.1, 0.15) is 0 Å². The van der Waals surface area contributed by atoms with E-state index in [1.165, 1.54) is 0 Å². The molecule has 0 radical (unpaired) electrons. The summed E-state index contributed by atoms with van der Waals surface area (Å²) >= 11 is -2.18. The first-order chi connectivity index (χ1) is 14.0. The summed E-state index contributed by atoms with van der Waals surface area (Å²) in [6, 6.07) is 21.0. The van der Waals surface area contributed by atoms with E-state index in [9.17, 15) is 13.6 Å². The quantitative estimate of drug-likeness (QED) is 0.424. The van der Waals surface area contributed by atoms with E-state index in [1.807, 2.05) is 60.8 Å². The molecule has 1 aromatic heterocycles. The van der Waals surface area contributed by atoms with Gasteiger partial charge in [-0.2, -0.15) is 0 Å². The Morgan fingerprint density at radius 3 is 2.48 bits per heavy atom. The van der Waals surface area contributed by atoms with E-state index in [-0.39, 0.29) is 5.88 Å². The summed E-state index contributed by atoms with van der Waals surface area (Å²) in [5.41, 5.74) is 11.1. The van der Waals surface area contributed by atoms with Gasteiger partial charge in [0, 0.05) is 22.8 Å². The van der Waals surface area contributed by atoms with Crippen molar-refractivity contribution in [3.63, 3.8) is 0 Å². The van der Waals surface area contributed by atoms with Gasteiger partial charge in [-0.3, -0.25) is 9.00 Å². The Labute approximate surface area is 170 Å². The van der Waals surface area contributed by atoms with Gasteiger partial charge < -0.3 is 20.6 Å². The minimum Gasteiger partial charge on any atom is -0.771 e. The number of H-pyrrole nitrogens is 1. The molecule has 4 N–H and O–H groups in total. The molecule has 0 saturated heterocycles. The third-order valence-corrected chi connectivity index (χ3v) is 5.11. The van der Waals surface area contributed by atoms with Crippen LogP contribution in [0, 0.1) is 0 Å². The molecule has 1 unspecified atom stereocenters. The predicted molar refractivity (Wildman–Crippen MR) is 115 cm³/mol. The van der Waals surface area contributed by atoms with Gasteiger partial charge in [-0.05, 0) is 52.0 Å². The highest BCUT2D eigenvalue weighted by Crippen LogP contribution is 2.35. The minimum atomic E-state index is -2.18. The molecule has 0 bridgehead atoms. The standard InChI is InChI=1S/C22H19N3O3S/c23-22(26)19-11-16(14-5-2-1-3-6-14)10-18-20(12-24-21(18)19)15-7-4-8-17(9-15)25-13-29(27)28/h1-12,24-25H,13H2,(H2,23,26)(H,27,28)/p-1. The summed E-state index contributed by atoms with van der Waals surface area (Å²) in [6.45, 7) is 0. The molecule has 0 aliphatic rings. The van der Waals surface area contributed by atoms with Crippen molar-refractivity contribution >= 4 is 33.6 Å². The molecule has 6 nitrogen and oxygen atoms in total. The second-order valence-electron chi connectivity index (χ2n) is 6.58. The van der Waals surface area contributed by atoms with Gasteiger partial charge >= 0.3 is 0 Å². The highest BCUT2D eigenvalue weighted by atomic mass is 32.2. The summed E-state index contributed by atoms with van der Waals surface area (Å²) in [5.74, 6) is -0.670. The number of hydrogen-bond acceptors (Lipinski definition) is 4. The van der Waals surface area contributed by atoms with Crippen molar-refractivity contribution in [3.05, 3.63) is 78.5 Å². The first-order valence-corrected chi connectivity index (χ1v) is 10.2. The average Bonchev–Trinajstić information content (AvgIpc) is 3.16. The van der Waals surface area contributed by atoms with E-state index >= 15 is 0 Å². The van der Waals surface area contributed by atoms with Crippen LogP contribution < -0.4 is 11.1 Å². The number of benzene rings is 3. The average molecular weight is 404 g/mol. The molecule has 1 amide bonds. The molecular weight excluding hydrogens is 386 g/mol. The summed E-state index contributed by atoms with van der Waals surface area (Å²) in [4.78, 5) is 15.2.